The summed E-state index contributed by atoms with van der Waals surface area (Å²) in [6, 6.07) is 9.79. The standard InChI is InChI=1S/C16H20N2O2/c19-16(20-12-13-4-2-1-3-5-13)18-10-15(11-18)14-6-8-17-9-7-14/h1-5,17H,6-12H2. The summed E-state index contributed by atoms with van der Waals surface area (Å²) in [6.07, 6.45) is 2.05. The third-order valence-electron chi connectivity index (χ3n) is 3.93. The molecule has 4 heteroatoms. The number of likely N-dealkylation sites (tertiary alicyclic amines) is 1. The lowest BCUT2D eigenvalue weighted by Gasteiger charge is -2.36. The molecule has 20 heavy (non-hydrogen) atoms. The van der Waals surface area contributed by atoms with E-state index in [0.717, 1.165) is 44.6 Å². The van der Waals surface area contributed by atoms with Gasteiger partial charge in [-0.25, -0.2) is 4.79 Å². The first-order valence-corrected chi connectivity index (χ1v) is 7.19. The molecule has 0 bridgehead atoms. The zero-order chi connectivity index (χ0) is 13.8. The van der Waals surface area contributed by atoms with Gasteiger partial charge in [-0.1, -0.05) is 35.9 Å². The van der Waals surface area contributed by atoms with E-state index in [1.165, 1.54) is 11.1 Å². The molecule has 3 rings (SSSR count). The van der Waals surface area contributed by atoms with Crippen LogP contribution >= 0.6 is 0 Å². The summed E-state index contributed by atoms with van der Waals surface area (Å²) in [6.45, 7) is 3.99. The predicted octanol–water partition coefficient (Wildman–Crippen LogP) is 2.32. The molecule has 0 saturated carbocycles. The van der Waals surface area contributed by atoms with Gasteiger partial charge in [-0.05, 0) is 37.1 Å². The third-order valence-corrected chi connectivity index (χ3v) is 3.93. The van der Waals surface area contributed by atoms with Crippen LogP contribution in [0, 0.1) is 0 Å². The second-order valence-electron chi connectivity index (χ2n) is 5.35. The fourth-order valence-electron chi connectivity index (χ4n) is 2.66. The molecule has 1 amide bonds. The first kappa shape index (κ1) is 13.2. The van der Waals surface area contributed by atoms with E-state index in [1.807, 2.05) is 30.3 Å². The fourth-order valence-corrected chi connectivity index (χ4v) is 2.66. The monoisotopic (exact) mass is 272 g/mol. The summed E-state index contributed by atoms with van der Waals surface area (Å²) in [5.74, 6) is 0. The number of hydrogen-bond donors (Lipinski definition) is 1. The summed E-state index contributed by atoms with van der Waals surface area (Å²) < 4.78 is 5.32. The van der Waals surface area contributed by atoms with E-state index in [4.69, 9.17) is 4.74 Å². The first-order chi connectivity index (χ1) is 9.83. The molecule has 0 radical (unpaired) electrons. The van der Waals surface area contributed by atoms with Gasteiger partial charge in [-0.15, -0.1) is 0 Å². The van der Waals surface area contributed by atoms with Crippen LogP contribution < -0.4 is 5.32 Å². The lowest BCUT2D eigenvalue weighted by molar-refractivity contribution is 0.0898. The van der Waals surface area contributed by atoms with Gasteiger partial charge >= 0.3 is 6.09 Å². The molecule has 2 aliphatic rings. The van der Waals surface area contributed by atoms with Crippen LogP contribution in [0.3, 0.4) is 0 Å². The van der Waals surface area contributed by atoms with Crippen LogP contribution in [-0.4, -0.2) is 37.2 Å². The van der Waals surface area contributed by atoms with Crippen molar-refractivity contribution in [1.82, 2.24) is 10.2 Å². The summed E-state index contributed by atoms with van der Waals surface area (Å²) in [5.41, 5.74) is 4.00. The number of nitrogens with zero attached hydrogens (tertiary/aromatic N) is 1. The lowest BCUT2D eigenvalue weighted by atomic mass is 9.94. The smallest absolute Gasteiger partial charge is 0.410 e. The van der Waals surface area contributed by atoms with E-state index < -0.39 is 0 Å². The first-order valence-electron chi connectivity index (χ1n) is 7.19. The van der Waals surface area contributed by atoms with Gasteiger partial charge < -0.3 is 15.0 Å². The van der Waals surface area contributed by atoms with Gasteiger partial charge in [0.2, 0.25) is 0 Å². The highest BCUT2D eigenvalue weighted by Gasteiger charge is 2.29. The maximum Gasteiger partial charge on any atom is 0.410 e. The average Bonchev–Trinajstić information content (AvgIpc) is 2.46. The van der Waals surface area contributed by atoms with Crippen molar-refractivity contribution in [1.29, 1.82) is 0 Å². The quantitative estimate of drug-likeness (QED) is 0.840. The van der Waals surface area contributed by atoms with Crippen LogP contribution in [0.2, 0.25) is 0 Å². The fraction of sp³-hybridized carbons (Fsp3) is 0.438. The summed E-state index contributed by atoms with van der Waals surface area (Å²) in [7, 11) is 0. The van der Waals surface area contributed by atoms with Crippen molar-refractivity contribution in [3.8, 4) is 0 Å². The van der Waals surface area contributed by atoms with Gasteiger partial charge in [-0.2, -0.15) is 0 Å². The van der Waals surface area contributed by atoms with Gasteiger partial charge in [0.05, 0.1) is 0 Å². The Hall–Kier alpha value is -1.81. The number of benzene rings is 1. The molecule has 0 aromatic heterocycles. The zero-order valence-corrected chi connectivity index (χ0v) is 11.6. The molecule has 0 aliphatic carbocycles. The Balaban J connectivity index is 1.46. The molecule has 2 aliphatic heterocycles. The topological polar surface area (TPSA) is 41.6 Å². The van der Waals surface area contributed by atoms with Crippen LogP contribution in [0.1, 0.15) is 18.4 Å². The largest absolute Gasteiger partial charge is 0.445 e. The summed E-state index contributed by atoms with van der Waals surface area (Å²) in [5, 5.41) is 3.35. The number of amides is 1. The van der Waals surface area contributed by atoms with E-state index in [2.05, 4.69) is 5.32 Å². The van der Waals surface area contributed by atoms with Crippen molar-refractivity contribution < 1.29 is 9.53 Å². The molecule has 0 spiro atoms. The molecular weight excluding hydrogens is 252 g/mol. The summed E-state index contributed by atoms with van der Waals surface area (Å²) >= 11 is 0. The van der Waals surface area contributed by atoms with E-state index >= 15 is 0 Å². The molecule has 106 valence electrons. The number of hydrogen-bond acceptors (Lipinski definition) is 3. The molecular formula is C16H20N2O2. The number of carbonyl (C=O) groups excluding carboxylic acids is 1. The highest BCUT2D eigenvalue weighted by atomic mass is 16.6. The zero-order valence-electron chi connectivity index (χ0n) is 11.6. The Labute approximate surface area is 119 Å². The minimum Gasteiger partial charge on any atom is -0.445 e. The van der Waals surface area contributed by atoms with Gasteiger partial charge in [0.1, 0.15) is 6.61 Å². The number of carbonyl (C=O) groups is 1. The van der Waals surface area contributed by atoms with Crippen LogP contribution in [0.5, 0.6) is 0 Å². The molecule has 2 saturated heterocycles. The van der Waals surface area contributed by atoms with Gasteiger partial charge in [0, 0.05) is 13.1 Å². The molecule has 1 aromatic rings. The molecule has 1 N–H and O–H groups in total. The average molecular weight is 272 g/mol. The minimum atomic E-state index is -0.202. The van der Waals surface area contributed by atoms with Crippen LogP contribution in [0.4, 0.5) is 4.79 Å². The third kappa shape index (κ3) is 3.02. The van der Waals surface area contributed by atoms with Crippen molar-refractivity contribution in [3.63, 3.8) is 0 Å². The number of piperidine rings is 1. The minimum absolute atomic E-state index is 0.202. The molecule has 0 atom stereocenters. The Kier molecular flexibility index (Phi) is 4.02. The maximum atomic E-state index is 11.9. The van der Waals surface area contributed by atoms with Crippen LogP contribution in [0.25, 0.3) is 0 Å². The molecule has 1 aromatic carbocycles. The predicted molar refractivity (Wildman–Crippen MR) is 77.3 cm³/mol. The second-order valence-corrected chi connectivity index (χ2v) is 5.35. The van der Waals surface area contributed by atoms with Crippen molar-refractivity contribution >= 4 is 6.09 Å². The maximum absolute atomic E-state index is 11.9. The normalized spacial score (nSPS) is 18.7. The lowest BCUT2D eigenvalue weighted by Crippen LogP contribution is -2.46. The number of nitrogens with one attached hydrogen (secondary N) is 1. The van der Waals surface area contributed by atoms with Gasteiger partial charge in [0.25, 0.3) is 0 Å². The van der Waals surface area contributed by atoms with Crippen molar-refractivity contribution in [2.24, 2.45) is 0 Å². The van der Waals surface area contributed by atoms with Crippen LogP contribution in [0.15, 0.2) is 41.5 Å². The Morgan fingerprint density at radius 3 is 2.50 bits per heavy atom. The van der Waals surface area contributed by atoms with E-state index in [-0.39, 0.29) is 6.09 Å². The number of rotatable bonds is 2. The second kappa shape index (κ2) is 6.09. The number of ether oxygens (including phenoxy) is 1. The molecule has 2 heterocycles. The van der Waals surface area contributed by atoms with E-state index in [0.29, 0.717) is 6.61 Å². The molecule has 0 unspecified atom stereocenters. The van der Waals surface area contributed by atoms with E-state index in [9.17, 15) is 4.79 Å². The van der Waals surface area contributed by atoms with Crippen molar-refractivity contribution in [3.05, 3.63) is 47.0 Å². The Bertz CT molecular complexity index is 494. The van der Waals surface area contributed by atoms with Crippen LogP contribution in [-0.2, 0) is 11.3 Å². The van der Waals surface area contributed by atoms with E-state index in [1.54, 1.807) is 4.90 Å². The highest BCUT2D eigenvalue weighted by Crippen LogP contribution is 2.24. The van der Waals surface area contributed by atoms with Gasteiger partial charge in [0.15, 0.2) is 0 Å². The van der Waals surface area contributed by atoms with Crippen molar-refractivity contribution in [2.75, 3.05) is 26.2 Å². The van der Waals surface area contributed by atoms with Crippen molar-refractivity contribution in [2.45, 2.75) is 19.4 Å². The SMILES string of the molecule is O=C(OCc1ccccc1)N1CC(=C2CCNCC2)C1. The Morgan fingerprint density at radius 2 is 1.80 bits per heavy atom. The highest BCUT2D eigenvalue weighted by molar-refractivity contribution is 5.70. The van der Waals surface area contributed by atoms with Gasteiger partial charge in [-0.3, -0.25) is 0 Å². The summed E-state index contributed by atoms with van der Waals surface area (Å²) in [4.78, 5) is 13.7. The Morgan fingerprint density at radius 1 is 1.10 bits per heavy atom. The molecule has 2 fully saturated rings. The molecule has 4 nitrogen and oxygen atoms in total.